The number of fused-ring (bicyclic) bond motifs is 2. The average molecular weight is 861 g/mol. The van der Waals surface area contributed by atoms with Crippen LogP contribution in [0.4, 0.5) is 0 Å². The van der Waals surface area contributed by atoms with E-state index in [0.717, 1.165) is 42.5 Å². The van der Waals surface area contributed by atoms with E-state index in [2.05, 4.69) is 83.3 Å². The number of allylic oxidation sites excluding steroid dienone is 2. The van der Waals surface area contributed by atoms with Crippen molar-refractivity contribution in [2.75, 3.05) is 0 Å². The molecule has 0 bridgehead atoms. The zero-order chi connectivity index (χ0) is 34.5. The number of aryl methyl sites for hydroxylation is 1. The van der Waals surface area contributed by atoms with E-state index < -0.39 is 8.07 Å². The summed E-state index contributed by atoms with van der Waals surface area (Å²) in [5, 5.41) is 13.6. The van der Waals surface area contributed by atoms with Crippen LogP contribution in [-0.2, 0) is 36.7 Å². The molecule has 1 radical (unpaired) electrons. The van der Waals surface area contributed by atoms with E-state index in [-0.39, 0.29) is 48.9 Å². The molecule has 0 saturated carbocycles. The molecule has 2 aromatic carbocycles. The zero-order valence-corrected chi connectivity index (χ0v) is 35.3. The van der Waals surface area contributed by atoms with Crippen LogP contribution in [0.5, 0.6) is 0 Å². The molecule has 1 aliphatic heterocycles. The van der Waals surface area contributed by atoms with E-state index in [9.17, 15) is 9.90 Å². The molecule has 0 spiro atoms. The van der Waals surface area contributed by atoms with Gasteiger partial charge in [-0.25, -0.2) is 0 Å². The Kier molecular flexibility index (Phi) is 14.5. The number of nitrogens with zero attached hydrogens (tertiary/aromatic N) is 1. The number of carbonyl (C=O) groups excluding carboxylic acids is 1. The minimum absolute atomic E-state index is 0. The van der Waals surface area contributed by atoms with Gasteiger partial charge in [-0.05, 0) is 67.0 Å². The summed E-state index contributed by atoms with van der Waals surface area (Å²) in [6, 6.07) is 18.4. The van der Waals surface area contributed by atoms with Crippen molar-refractivity contribution in [2.24, 2.45) is 11.8 Å². The van der Waals surface area contributed by atoms with E-state index in [1.54, 1.807) is 4.88 Å². The number of hydrogen-bond acceptors (Lipinski definition) is 4. The molecule has 0 amide bonds. The van der Waals surface area contributed by atoms with Gasteiger partial charge in [0.1, 0.15) is 0 Å². The Morgan fingerprint density at radius 3 is 2.27 bits per heavy atom. The van der Waals surface area contributed by atoms with Gasteiger partial charge in [-0.2, -0.15) is 0 Å². The number of aliphatic hydroxyl groups is 1. The number of pyridine rings is 1. The molecule has 1 aliphatic rings. The van der Waals surface area contributed by atoms with Gasteiger partial charge in [0.05, 0.1) is 13.8 Å². The largest absolute Gasteiger partial charge is 0.512 e. The molecule has 3 nitrogen and oxygen atoms in total. The van der Waals surface area contributed by atoms with E-state index in [0.29, 0.717) is 0 Å². The molecule has 263 valence electrons. The molecule has 1 unspecified atom stereocenters. The second-order valence-electron chi connectivity index (χ2n) is 15.4. The maximum absolute atomic E-state index is 11.7. The van der Waals surface area contributed by atoms with Gasteiger partial charge < -0.3 is 5.11 Å². The third-order valence-corrected chi connectivity index (χ3v) is 16.5. The molecule has 5 rings (SSSR count). The van der Waals surface area contributed by atoms with E-state index in [4.69, 9.17) is 4.98 Å². The molecule has 48 heavy (non-hydrogen) atoms. The van der Waals surface area contributed by atoms with Crippen molar-refractivity contribution < 1.29 is 30.0 Å². The Hall–Kier alpha value is -2.11. The fraction of sp³-hybridized carbons (Fsp3) is 0.524. The van der Waals surface area contributed by atoms with Gasteiger partial charge >= 0.3 is 0 Å². The number of aromatic nitrogens is 1. The van der Waals surface area contributed by atoms with Crippen molar-refractivity contribution in [3.63, 3.8) is 0 Å². The summed E-state index contributed by atoms with van der Waals surface area (Å²) in [6.45, 7) is 22.5. The zero-order valence-electron chi connectivity index (χ0n) is 31.1. The number of aliphatic hydroxyl groups excluding tert-OH is 1. The predicted octanol–water partition coefficient (Wildman–Crippen LogP) is 12.8. The van der Waals surface area contributed by atoms with Crippen molar-refractivity contribution in [3.05, 3.63) is 76.5 Å². The first-order valence-electron chi connectivity index (χ1n) is 18.0. The smallest absolute Gasteiger partial charge is 0.162 e. The summed E-state index contributed by atoms with van der Waals surface area (Å²) in [6.07, 6.45) is 11.0. The van der Waals surface area contributed by atoms with Crippen LogP contribution in [0.2, 0.25) is 24.7 Å². The van der Waals surface area contributed by atoms with Crippen LogP contribution >= 0.6 is 11.3 Å². The summed E-state index contributed by atoms with van der Waals surface area (Å²) in [5.41, 5.74) is 6.05. The topological polar surface area (TPSA) is 50.2 Å². The maximum atomic E-state index is 11.7. The van der Waals surface area contributed by atoms with Gasteiger partial charge in [0.15, 0.2) is 5.78 Å². The Bertz CT molecular complexity index is 1710. The van der Waals surface area contributed by atoms with Crippen molar-refractivity contribution in [1.29, 1.82) is 0 Å². The maximum Gasteiger partial charge on any atom is 0.162 e. The molecule has 6 heteroatoms. The summed E-state index contributed by atoms with van der Waals surface area (Å²) < 4.78 is 1.34. The standard InChI is InChI=1S/C29H34NSSi.C13H24O2.Ir/c1-19-23-13-14-30-27(28(23)31-26(19)18-22-11-9-15-32(22,5)6)21-16-20-10-7-8-12-24(20)25(17-21)29(2,3)4;1-5-10(6-2)12(14)9-13(15)11(7-3)8-4;/h7-8,10,12-14,17,22H,9,11,15,18H2,1-6H3;9-11,14H,5-8H2,1-4H3;/q-1;;/b;12-9-;. The number of ketones is 1. The Labute approximate surface area is 309 Å². The summed E-state index contributed by atoms with van der Waals surface area (Å²) >= 11 is 1.99. The van der Waals surface area contributed by atoms with Crippen molar-refractivity contribution >= 4 is 46.1 Å². The van der Waals surface area contributed by atoms with Crippen LogP contribution in [0.1, 0.15) is 103 Å². The van der Waals surface area contributed by atoms with Gasteiger partial charge in [0.2, 0.25) is 0 Å². The molecule has 1 N–H and O–H groups in total. The number of hydrogen-bond donors (Lipinski definition) is 1. The quantitative estimate of drug-likeness (QED) is 0.0748. The number of thiophene rings is 1. The van der Waals surface area contributed by atoms with Crippen molar-refractivity contribution in [1.82, 2.24) is 4.98 Å². The summed E-state index contributed by atoms with van der Waals surface area (Å²) in [7, 11) is -1.08. The van der Waals surface area contributed by atoms with E-state index >= 15 is 0 Å². The fourth-order valence-corrected chi connectivity index (χ4v) is 12.1. The molecule has 1 saturated heterocycles. The summed E-state index contributed by atoms with van der Waals surface area (Å²) in [4.78, 5) is 18.2. The van der Waals surface area contributed by atoms with Gasteiger partial charge in [0.25, 0.3) is 0 Å². The molecular formula is C42H58IrNO2SSi-. The molecule has 1 fully saturated rings. The Morgan fingerprint density at radius 2 is 1.69 bits per heavy atom. The van der Waals surface area contributed by atoms with Gasteiger partial charge in [0, 0.05) is 59.5 Å². The third-order valence-electron chi connectivity index (χ3n) is 10.8. The molecule has 1 atom stereocenters. The van der Waals surface area contributed by atoms with Gasteiger partial charge in [-0.15, -0.1) is 40.5 Å². The van der Waals surface area contributed by atoms with Crippen molar-refractivity contribution in [2.45, 2.75) is 130 Å². The van der Waals surface area contributed by atoms with Crippen LogP contribution in [-0.4, -0.2) is 23.9 Å². The number of benzene rings is 2. The minimum atomic E-state index is -1.08. The van der Waals surface area contributed by atoms with E-state index in [1.165, 1.54) is 63.4 Å². The van der Waals surface area contributed by atoms with Crippen LogP contribution in [0.25, 0.3) is 32.1 Å². The second-order valence-corrected chi connectivity index (χ2v) is 21.8. The summed E-state index contributed by atoms with van der Waals surface area (Å²) in [5.74, 6) is 0.547. The molecule has 4 aromatic rings. The van der Waals surface area contributed by atoms with Gasteiger partial charge in [-0.3, -0.25) is 9.78 Å². The Morgan fingerprint density at radius 1 is 1.04 bits per heavy atom. The van der Waals surface area contributed by atoms with Gasteiger partial charge in [-0.1, -0.05) is 110 Å². The average Bonchev–Trinajstić information content (AvgIpc) is 3.54. The van der Waals surface area contributed by atoms with Crippen LogP contribution in [0, 0.1) is 24.8 Å². The van der Waals surface area contributed by atoms with Crippen LogP contribution in [0.15, 0.2) is 54.4 Å². The Balaban J connectivity index is 0.000000334. The fourth-order valence-electron chi connectivity index (χ4n) is 7.34. The third kappa shape index (κ3) is 9.16. The first-order chi connectivity index (χ1) is 22.2. The molecule has 3 heterocycles. The predicted molar refractivity (Wildman–Crippen MR) is 208 cm³/mol. The van der Waals surface area contributed by atoms with Crippen LogP contribution in [0.3, 0.4) is 0 Å². The number of rotatable bonds is 10. The molecule has 0 aliphatic carbocycles. The first-order valence-corrected chi connectivity index (χ1v) is 22.1. The second kappa shape index (κ2) is 17.2. The monoisotopic (exact) mass is 861 g/mol. The van der Waals surface area contributed by atoms with Crippen molar-refractivity contribution in [3.8, 4) is 11.3 Å². The molecule has 2 aromatic heterocycles. The molecular weight excluding hydrogens is 803 g/mol. The van der Waals surface area contributed by atoms with Crippen LogP contribution < -0.4 is 0 Å². The minimum Gasteiger partial charge on any atom is -0.512 e. The number of carbonyl (C=O) groups is 1. The SMILES string of the molecule is CCC(CC)C(=O)/C=C(\O)C(CC)CC.Cc1c(CC2CCC[Si]2(C)C)sc2c(-c3[c-]c4ccccc4c(C(C)(C)C)c3)nccc12.[Ir]. The first kappa shape index (κ1) is 40.3. The van der Waals surface area contributed by atoms with E-state index in [1.807, 2.05) is 45.2 Å². The normalized spacial score (nSPS) is 16.3.